The molecule has 0 heterocycles. The van der Waals surface area contributed by atoms with Gasteiger partial charge < -0.3 is 5.11 Å². The fraction of sp³-hybridized carbons (Fsp3) is 0.462. The molecule has 100 valence electrons. The number of halogens is 3. The third kappa shape index (κ3) is 5.21. The third-order valence-corrected chi connectivity index (χ3v) is 2.61. The highest BCUT2D eigenvalue weighted by atomic mass is 19.4. The lowest BCUT2D eigenvalue weighted by molar-refractivity contribution is -0.138. The summed E-state index contributed by atoms with van der Waals surface area (Å²) in [5, 5.41) is 8.43. The van der Waals surface area contributed by atoms with Crippen LogP contribution in [0.4, 0.5) is 13.2 Å². The van der Waals surface area contributed by atoms with E-state index >= 15 is 0 Å². The van der Waals surface area contributed by atoms with Gasteiger partial charge in [0.25, 0.3) is 0 Å². The summed E-state index contributed by atoms with van der Waals surface area (Å²) in [5.74, 6) is -0.839. The lowest BCUT2D eigenvalue weighted by atomic mass is 10.0. The van der Waals surface area contributed by atoms with Crippen LogP contribution in [-0.2, 0) is 17.4 Å². The van der Waals surface area contributed by atoms with Crippen molar-refractivity contribution in [2.45, 2.75) is 38.3 Å². The number of aliphatic carboxylic acids is 1. The number of benzene rings is 1. The van der Waals surface area contributed by atoms with E-state index < -0.39 is 17.7 Å². The first kappa shape index (κ1) is 14.5. The minimum absolute atomic E-state index is 0.114. The molecule has 0 fully saturated rings. The summed E-state index contributed by atoms with van der Waals surface area (Å²) < 4.78 is 37.3. The first-order chi connectivity index (χ1) is 8.39. The van der Waals surface area contributed by atoms with Crippen molar-refractivity contribution in [1.29, 1.82) is 0 Å². The topological polar surface area (TPSA) is 37.3 Å². The van der Waals surface area contributed by atoms with Gasteiger partial charge in [0, 0.05) is 6.42 Å². The average Bonchev–Trinajstić information content (AvgIpc) is 2.27. The van der Waals surface area contributed by atoms with Crippen molar-refractivity contribution in [2.75, 3.05) is 0 Å². The molecule has 0 spiro atoms. The Hall–Kier alpha value is -1.52. The highest BCUT2D eigenvalue weighted by molar-refractivity contribution is 5.66. The van der Waals surface area contributed by atoms with E-state index in [0.29, 0.717) is 31.2 Å². The van der Waals surface area contributed by atoms with Crippen LogP contribution in [0.2, 0.25) is 0 Å². The Morgan fingerprint density at radius 3 is 2.50 bits per heavy atom. The summed E-state index contributed by atoms with van der Waals surface area (Å²) in [6.07, 6.45) is -1.67. The number of alkyl halides is 3. The van der Waals surface area contributed by atoms with E-state index in [0.717, 1.165) is 12.1 Å². The first-order valence-corrected chi connectivity index (χ1v) is 5.77. The molecule has 0 aliphatic heterocycles. The molecule has 1 rings (SSSR count). The highest BCUT2D eigenvalue weighted by Gasteiger charge is 2.30. The van der Waals surface area contributed by atoms with Crippen molar-refractivity contribution >= 4 is 5.97 Å². The lowest BCUT2D eigenvalue weighted by Crippen LogP contribution is -2.05. The Bertz CT molecular complexity index is 399. The maximum atomic E-state index is 12.4. The molecule has 1 aromatic rings. The molecule has 1 aromatic carbocycles. The monoisotopic (exact) mass is 260 g/mol. The van der Waals surface area contributed by atoms with Crippen molar-refractivity contribution in [3.8, 4) is 0 Å². The first-order valence-electron chi connectivity index (χ1n) is 5.77. The van der Waals surface area contributed by atoms with E-state index in [1.807, 2.05) is 0 Å². The largest absolute Gasteiger partial charge is 0.481 e. The Balaban J connectivity index is 2.41. The van der Waals surface area contributed by atoms with Gasteiger partial charge >= 0.3 is 12.1 Å². The quantitative estimate of drug-likeness (QED) is 0.788. The molecule has 0 aliphatic rings. The fourth-order valence-electron chi connectivity index (χ4n) is 1.69. The van der Waals surface area contributed by atoms with Gasteiger partial charge in [0.05, 0.1) is 5.56 Å². The van der Waals surface area contributed by atoms with E-state index in [-0.39, 0.29) is 6.42 Å². The zero-order valence-corrected chi connectivity index (χ0v) is 9.83. The molecule has 0 saturated heterocycles. The van der Waals surface area contributed by atoms with Crippen molar-refractivity contribution < 1.29 is 23.1 Å². The van der Waals surface area contributed by atoms with E-state index in [1.54, 1.807) is 6.07 Å². The van der Waals surface area contributed by atoms with Gasteiger partial charge in [-0.05, 0) is 30.9 Å². The summed E-state index contributed by atoms with van der Waals surface area (Å²) in [5.41, 5.74) is 0.00526. The zero-order chi connectivity index (χ0) is 13.6. The summed E-state index contributed by atoms with van der Waals surface area (Å²) in [6, 6.07) is 5.26. The predicted molar refractivity (Wildman–Crippen MR) is 61.3 cm³/mol. The van der Waals surface area contributed by atoms with Gasteiger partial charge in [-0.3, -0.25) is 4.79 Å². The third-order valence-electron chi connectivity index (χ3n) is 2.61. The number of rotatable bonds is 6. The molecule has 0 bridgehead atoms. The van der Waals surface area contributed by atoms with Crippen molar-refractivity contribution in [3.63, 3.8) is 0 Å². The smallest absolute Gasteiger partial charge is 0.416 e. The van der Waals surface area contributed by atoms with Crippen LogP contribution in [0.5, 0.6) is 0 Å². The van der Waals surface area contributed by atoms with Crippen LogP contribution in [-0.4, -0.2) is 11.1 Å². The number of hydrogen-bond acceptors (Lipinski definition) is 1. The predicted octanol–water partition coefficient (Wildman–Crippen LogP) is 3.89. The van der Waals surface area contributed by atoms with E-state index in [9.17, 15) is 18.0 Å². The molecule has 0 saturated carbocycles. The van der Waals surface area contributed by atoms with Crippen molar-refractivity contribution in [2.24, 2.45) is 0 Å². The molecular formula is C13H15F3O2. The summed E-state index contributed by atoms with van der Waals surface area (Å²) in [6.45, 7) is 0. The Labute approximate surface area is 103 Å². The fourth-order valence-corrected chi connectivity index (χ4v) is 1.69. The van der Waals surface area contributed by atoms with E-state index in [4.69, 9.17) is 5.11 Å². The second-order valence-corrected chi connectivity index (χ2v) is 4.15. The van der Waals surface area contributed by atoms with Gasteiger partial charge in [0.15, 0.2) is 0 Å². The SMILES string of the molecule is O=C(O)CCCCCc1cccc(C(F)(F)F)c1. The number of unbranched alkanes of at least 4 members (excludes halogenated alkanes) is 2. The maximum absolute atomic E-state index is 12.4. The number of aryl methyl sites for hydroxylation is 1. The number of hydrogen-bond donors (Lipinski definition) is 1. The van der Waals surface area contributed by atoms with E-state index in [1.165, 1.54) is 6.07 Å². The van der Waals surface area contributed by atoms with Crippen LogP contribution in [0.15, 0.2) is 24.3 Å². The van der Waals surface area contributed by atoms with Gasteiger partial charge in [0.2, 0.25) is 0 Å². The van der Waals surface area contributed by atoms with Crippen LogP contribution in [0.25, 0.3) is 0 Å². The molecule has 0 radical (unpaired) electrons. The lowest BCUT2D eigenvalue weighted by Gasteiger charge is -2.08. The highest BCUT2D eigenvalue weighted by Crippen LogP contribution is 2.29. The number of carboxylic acid groups (broad SMARTS) is 1. The minimum Gasteiger partial charge on any atom is -0.481 e. The van der Waals surface area contributed by atoms with Crippen LogP contribution in [0, 0.1) is 0 Å². The number of carbonyl (C=O) groups is 1. The maximum Gasteiger partial charge on any atom is 0.416 e. The van der Waals surface area contributed by atoms with Gasteiger partial charge in [-0.15, -0.1) is 0 Å². The Kier molecular flexibility index (Phi) is 5.19. The van der Waals surface area contributed by atoms with Gasteiger partial charge in [-0.1, -0.05) is 24.6 Å². The molecule has 18 heavy (non-hydrogen) atoms. The van der Waals surface area contributed by atoms with Gasteiger partial charge in [-0.25, -0.2) is 0 Å². The average molecular weight is 260 g/mol. The van der Waals surface area contributed by atoms with Gasteiger partial charge in [-0.2, -0.15) is 13.2 Å². The molecule has 0 atom stereocenters. The molecule has 2 nitrogen and oxygen atoms in total. The number of carboxylic acids is 1. The summed E-state index contributed by atoms with van der Waals surface area (Å²) in [7, 11) is 0. The van der Waals surface area contributed by atoms with Gasteiger partial charge in [0.1, 0.15) is 0 Å². The summed E-state index contributed by atoms with van der Waals surface area (Å²) >= 11 is 0. The van der Waals surface area contributed by atoms with Crippen LogP contribution < -0.4 is 0 Å². The van der Waals surface area contributed by atoms with Crippen LogP contribution >= 0.6 is 0 Å². The minimum atomic E-state index is -4.31. The summed E-state index contributed by atoms with van der Waals surface area (Å²) in [4.78, 5) is 10.3. The Morgan fingerprint density at radius 1 is 1.17 bits per heavy atom. The standard InChI is InChI=1S/C13H15F3O2/c14-13(15,16)11-7-4-6-10(9-11)5-2-1-3-8-12(17)18/h4,6-7,9H,1-3,5,8H2,(H,17,18). The second-order valence-electron chi connectivity index (χ2n) is 4.15. The molecule has 0 aromatic heterocycles. The Morgan fingerprint density at radius 2 is 1.89 bits per heavy atom. The molecule has 5 heteroatoms. The van der Waals surface area contributed by atoms with Crippen molar-refractivity contribution in [1.82, 2.24) is 0 Å². The molecule has 0 amide bonds. The van der Waals surface area contributed by atoms with Crippen LogP contribution in [0.1, 0.15) is 36.8 Å². The molecular weight excluding hydrogens is 245 g/mol. The second kappa shape index (κ2) is 6.42. The molecule has 0 aliphatic carbocycles. The van der Waals surface area contributed by atoms with E-state index in [2.05, 4.69) is 0 Å². The zero-order valence-electron chi connectivity index (χ0n) is 9.83. The molecule has 0 unspecified atom stereocenters. The van der Waals surface area contributed by atoms with Crippen LogP contribution in [0.3, 0.4) is 0 Å². The molecule has 1 N–H and O–H groups in total. The normalized spacial score (nSPS) is 11.5. The van der Waals surface area contributed by atoms with Crippen molar-refractivity contribution in [3.05, 3.63) is 35.4 Å².